The number of aromatic nitrogens is 2. The maximum Gasteiger partial charge on any atom is 0.424 e. The van der Waals surface area contributed by atoms with Crippen molar-refractivity contribution in [1.29, 1.82) is 0 Å². The smallest absolute Gasteiger partial charge is 0.310 e. The van der Waals surface area contributed by atoms with Gasteiger partial charge in [-0.05, 0) is 6.92 Å². The lowest BCUT2D eigenvalue weighted by molar-refractivity contribution is -0.141. The summed E-state index contributed by atoms with van der Waals surface area (Å²) < 4.78 is 37.8. The molecule has 0 radical (unpaired) electrons. The number of nitrogens with one attached hydrogen (secondary N) is 1. The Kier molecular flexibility index (Phi) is 3.61. The number of hydrogen-bond acceptors (Lipinski definition) is 3. The Morgan fingerprint density at radius 2 is 1.76 bits per heavy atom. The minimum Gasteiger partial charge on any atom is -0.310 e. The second-order valence-corrected chi connectivity index (χ2v) is 6.36. The SMILES string of the molecule is Cc1nc(SC(C)(C)C)c(C(F)(F)F)c(=O)[nH]1. The lowest BCUT2D eigenvalue weighted by atomic mass is 10.3. The van der Waals surface area contributed by atoms with Gasteiger partial charge in [0.2, 0.25) is 0 Å². The summed E-state index contributed by atoms with van der Waals surface area (Å²) >= 11 is 0.931. The van der Waals surface area contributed by atoms with Crippen LogP contribution in [0.2, 0.25) is 0 Å². The van der Waals surface area contributed by atoms with Crippen LogP contribution in [0.3, 0.4) is 0 Å². The van der Waals surface area contributed by atoms with Crippen LogP contribution in [0, 0.1) is 6.92 Å². The number of aromatic amines is 1. The molecule has 0 amide bonds. The first kappa shape index (κ1) is 14.1. The molecule has 0 aliphatic heterocycles. The first-order chi connectivity index (χ1) is 7.50. The lowest BCUT2D eigenvalue weighted by Crippen LogP contribution is -2.26. The van der Waals surface area contributed by atoms with E-state index in [2.05, 4.69) is 9.97 Å². The number of rotatable bonds is 1. The van der Waals surface area contributed by atoms with Gasteiger partial charge < -0.3 is 4.98 Å². The molecule has 1 N–H and O–H groups in total. The molecule has 0 aliphatic carbocycles. The van der Waals surface area contributed by atoms with Crippen LogP contribution in [0.1, 0.15) is 32.2 Å². The van der Waals surface area contributed by atoms with Gasteiger partial charge in [-0.15, -0.1) is 0 Å². The van der Waals surface area contributed by atoms with Gasteiger partial charge in [-0.3, -0.25) is 4.79 Å². The van der Waals surface area contributed by atoms with Crippen molar-refractivity contribution in [1.82, 2.24) is 9.97 Å². The van der Waals surface area contributed by atoms with E-state index in [1.165, 1.54) is 6.92 Å². The molecular formula is C10H13F3N2OS. The number of hydrogen-bond donors (Lipinski definition) is 1. The predicted octanol–water partition coefficient (Wildman–Crippen LogP) is 2.99. The fraction of sp³-hybridized carbons (Fsp3) is 0.600. The third kappa shape index (κ3) is 3.76. The number of halogens is 3. The molecular weight excluding hydrogens is 253 g/mol. The van der Waals surface area contributed by atoms with Crippen molar-refractivity contribution in [2.24, 2.45) is 0 Å². The van der Waals surface area contributed by atoms with E-state index in [1.54, 1.807) is 20.8 Å². The van der Waals surface area contributed by atoms with Gasteiger partial charge in [0.15, 0.2) is 5.56 Å². The van der Waals surface area contributed by atoms with Crippen LogP contribution in [0.5, 0.6) is 0 Å². The largest absolute Gasteiger partial charge is 0.424 e. The summed E-state index contributed by atoms with van der Waals surface area (Å²) in [4.78, 5) is 17.2. The van der Waals surface area contributed by atoms with Gasteiger partial charge in [-0.2, -0.15) is 13.2 Å². The summed E-state index contributed by atoms with van der Waals surface area (Å²) in [5.41, 5.74) is -2.36. The summed E-state index contributed by atoms with van der Waals surface area (Å²) in [6, 6.07) is 0. The predicted molar refractivity (Wildman–Crippen MR) is 60.2 cm³/mol. The van der Waals surface area contributed by atoms with E-state index in [0.717, 1.165) is 11.8 Å². The number of aryl methyl sites for hydroxylation is 1. The van der Waals surface area contributed by atoms with Gasteiger partial charge in [0.1, 0.15) is 10.9 Å². The summed E-state index contributed by atoms with van der Waals surface area (Å²) in [5.74, 6) is 0.176. The quantitative estimate of drug-likeness (QED) is 0.628. The molecule has 0 atom stereocenters. The maximum absolute atomic E-state index is 12.7. The van der Waals surface area contributed by atoms with Gasteiger partial charge in [-0.25, -0.2) is 4.98 Å². The van der Waals surface area contributed by atoms with Crippen LogP contribution in [0.15, 0.2) is 9.82 Å². The van der Waals surface area contributed by atoms with Crippen molar-refractivity contribution in [3.8, 4) is 0 Å². The highest BCUT2D eigenvalue weighted by Gasteiger charge is 2.39. The summed E-state index contributed by atoms with van der Waals surface area (Å²) in [5, 5.41) is -0.272. The normalized spacial score (nSPS) is 12.9. The van der Waals surface area contributed by atoms with Gasteiger partial charge in [-0.1, -0.05) is 32.5 Å². The van der Waals surface area contributed by atoms with Gasteiger partial charge >= 0.3 is 6.18 Å². The molecule has 1 aromatic rings. The van der Waals surface area contributed by atoms with E-state index in [9.17, 15) is 18.0 Å². The first-order valence-corrected chi connectivity index (χ1v) is 5.69. The topological polar surface area (TPSA) is 45.8 Å². The fourth-order valence-corrected chi connectivity index (χ4v) is 2.25. The number of H-pyrrole nitrogens is 1. The molecule has 0 fully saturated rings. The van der Waals surface area contributed by atoms with Crippen molar-refractivity contribution in [3.05, 3.63) is 21.7 Å². The van der Waals surface area contributed by atoms with Crippen LogP contribution in [-0.2, 0) is 6.18 Å². The van der Waals surface area contributed by atoms with E-state index in [1.807, 2.05) is 0 Å². The minimum atomic E-state index is -4.69. The highest BCUT2D eigenvalue weighted by Crippen LogP contribution is 2.38. The van der Waals surface area contributed by atoms with Crippen molar-refractivity contribution in [2.75, 3.05) is 0 Å². The Labute approximate surface area is 101 Å². The van der Waals surface area contributed by atoms with Crippen LogP contribution in [-0.4, -0.2) is 14.7 Å². The molecule has 0 saturated heterocycles. The van der Waals surface area contributed by atoms with Crippen LogP contribution >= 0.6 is 11.8 Å². The van der Waals surface area contributed by atoms with Gasteiger partial charge in [0, 0.05) is 4.75 Å². The number of thioether (sulfide) groups is 1. The molecule has 0 saturated carbocycles. The molecule has 1 heterocycles. The van der Waals surface area contributed by atoms with Crippen molar-refractivity contribution < 1.29 is 13.2 Å². The molecule has 0 spiro atoms. The molecule has 96 valence electrons. The molecule has 0 bridgehead atoms. The molecule has 1 aromatic heterocycles. The second kappa shape index (κ2) is 4.36. The van der Waals surface area contributed by atoms with Crippen LogP contribution in [0.4, 0.5) is 13.2 Å². The molecule has 17 heavy (non-hydrogen) atoms. The van der Waals surface area contributed by atoms with E-state index in [0.29, 0.717) is 0 Å². The zero-order valence-electron chi connectivity index (χ0n) is 9.90. The average Bonchev–Trinajstić information content (AvgIpc) is 1.94. The monoisotopic (exact) mass is 266 g/mol. The average molecular weight is 266 g/mol. The summed E-state index contributed by atoms with van der Waals surface area (Å²) in [7, 11) is 0. The first-order valence-electron chi connectivity index (χ1n) is 4.88. The second-order valence-electron chi connectivity index (χ2n) is 4.54. The Morgan fingerprint density at radius 1 is 1.24 bits per heavy atom. The molecule has 1 rings (SSSR count). The Morgan fingerprint density at radius 3 is 2.18 bits per heavy atom. The Hall–Kier alpha value is -0.980. The maximum atomic E-state index is 12.7. The Balaban J connectivity index is 3.42. The zero-order valence-corrected chi connectivity index (χ0v) is 10.7. The number of alkyl halides is 3. The van der Waals surface area contributed by atoms with E-state index in [4.69, 9.17) is 0 Å². The molecule has 0 aromatic carbocycles. The highest BCUT2D eigenvalue weighted by molar-refractivity contribution is 8.00. The van der Waals surface area contributed by atoms with Crippen LogP contribution in [0.25, 0.3) is 0 Å². The highest BCUT2D eigenvalue weighted by atomic mass is 32.2. The lowest BCUT2D eigenvalue weighted by Gasteiger charge is -2.19. The molecule has 0 aliphatic rings. The van der Waals surface area contributed by atoms with Crippen molar-refractivity contribution in [2.45, 2.75) is 43.6 Å². The minimum absolute atomic E-state index is 0.176. The van der Waals surface area contributed by atoms with Crippen molar-refractivity contribution >= 4 is 11.8 Å². The van der Waals surface area contributed by atoms with E-state index in [-0.39, 0.29) is 10.9 Å². The van der Waals surface area contributed by atoms with Gasteiger partial charge in [0.05, 0.1) is 0 Å². The zero-order chi connectivity index (χ0) is 13.4. The standard InChI is InChI=1S/C10H13F3N2OS/c1-5-14-7(16)6(10(11,12)13)8(15-5)17-9(2,3)4/h1-4H3,(H,14,15,16). The van der Waals surface area contributed by atoms with E-state index >= 15 is 0 Å². The molecule has 0 unspecified atom stereocenters. The summed E-state index contributed by atoms with van der Waals surface area (Å²) in [6.45, 7) is 6.73. The third-order valence-corrected chi connectivity index (χ3v) is 2.79. The molecule has 3 nitrogen and oxygen atoms in total. The Bertz CT molecular complexity index is 474. The molecule has 7 heteroatoms. The van der Waals surface area contributed by atoms with Crippen molar-refractivity contribution in [3.63, 3.8) is 0 Å². The van der Waals surface area contributed by atoms with E-state index < -0.39 is 22.0 Å². The summed E-state index contributed by atoms with van der Waals surface area (Å²) in [6.07, 6.45) is -4.69. The van der Waals surface area contributed by atoms with Crippen LogP contribution < -0.4 is 5.56 Å². The fourth-order valence-electron chi connectivity index (χ4n) is 1.17. The van der Waals surface area contributed by atoms with Gasteiger partial charge in [0.25, 0.3) is 5.56 Å². The third-order valence-electron chi connectivity index (χ3n) is 1.69. The number of nitrogens with zero attached hydrogens (tertiary/aromatic N) is 1.